The SMILES string of the molecule is COCCN(C)c1nc(C(F)(F)F)ccc1S(=O)(=O)NCCO. The van der Waals surface area contributed by atoms with Crippen LogP contribution >= 0.6 is 0 Å². The van der Waals surface area contributed by atoms with Crippen molar-refractivity contribution in [1.29, 1.82) is 0 Å². The first-order valence-electron chi connectivity index (χ1n) is 6.52. The van der Waals surface area contributed by atoms with E-state index in [0.717, 1.165) is 6.07 Å². The number of aliphatic hydroxyl groups excluding tert-OH is 1. The topological polar surface area (TPSA) is 91.8 Å². The van der Waals surface area contributed by atoms with Gasteiger partial charge in [0.05, 0.1) is 13.2 Å². The molecular formula is C12H18F3N3O4S. The van der Waals surface area contributed by atoms with Crippen molar-refractivity contribution in [3.63, 3.8) is 0 Å². The average Bonchev–Trinajstić information content (AvgIpc) is 2.49. The molecule has 0 unspecified atom stereocenters. The van der Waals surface area contributed by atoms with Crippen molar-refractivity contribution in [2.24, 2.45) is 0 Å². The number of methoxy groups -OCH3 is 1. The summed E-state index contributed by atoms with van der Waals surface area (Å²) in [4.78, 5) is 4.29. The summed E-state index contributed by atoms with van der Waals surface area (Å²) < 4.78 is 69.6. The molecule has 0 aliphatic rings. The van der Waals surface area contributed by atoms with E-state index in [1.807, 2.05) is 0 Å². The average molecular weight is 357 g/mol. The van der Waals surface area contributed by atoms with E-state index >= 15 is 0 Å². The highest BCUT2D eigenvalue weighted by molar-refractivity contribution is 7.89. The van der Waals surface area contributed by atoms with Crippen molar-refractivity contribution in [3.8, 4) is 0 Å². The Morgan fingerprint density at radius 1 is 1.39 bits per heavy atom. The third-order valence-corrected chi connectivity index (χ3v) is 4.30. The summed E-state index contributed by atoms with van der Waals surface area (Å²) in [6, 6.07) is 1.44. The summed E-state index contributed by atoms with van der Waals surface area (Å²) in [7, 11) is -1.29. The van der Waals surface area contributed by atoms with Gasteiger partial charge in [-0.1, -0.05) is 0 Å². The van der Waals surface area contributed by atoms with Crippen LogP contribution in [0.15, 0.2) is 17.0 Å². The van der Waals surface area contributed by atoms with Gasteiger partial charge in [0.15, 0.2) is 0 Å². The Labute approximate surface area is 132 Å². The molecule has 0 radical (unpaired) electrons. The number of hydrogen-bond acceptors (Lipinski definition) is 6. The zero-order valence-electron chi connectivity index (χ0n) is 12.6. The minimum Gasteiger partial charge on any atom is -0.395 e. The number of halogens is 3. The second kappa shape index (κ2) is 7.90. The van der Waals surface area contributed by atoms with Gasteiger partial charge in [-0.2, -0.15) is 13.2 Å². The van der Waals surface area contributed by atoms with Crippen LogP contribution in [-0.4, -0.2) is 59.0 Å². The number of nitrogens with one attached hydrogen (secondary N) is 1. The van der Waals surface area contributed by atoms with E-state index in [0.29, 0.717) is 6.07 Å². The van der Waals surface area contributed by atoms with Crippen molar-refractivity contribution in [1.82, 2.24) is 9.71 Å². The smallest absolute Gasteiger partial charge is 0.395 e. The molecule has 0 atom stereocenters. The lowest BCUT2D eigenvalue weighted by atomic mass is 10.3. The Hall–Kier alpha value is -1.43. The number of aromatic nitrogens is 1. The first-order valence-corrected chi connectivity index (χ1v) is 8.00. The molecule has 1 aromatic heterocycles. The fraction of sp³-hybridized carbons (Fsp3) is 0.583. The van der Waals surface area contributed by atoms with Crippen molar-refractivity contribution in [3.05, 3.63) is 17.8 Å². The zero-order valence-corrected chi connectivity index (χ0v) is 13.4. The van der Waals surface area contributed by atoms with Gasteiger partial charge in [0.2, 0.25) is 10.0 Å². The number of aliphatic hydroxyl groups is 1. The number of sulfonamides is 1. The second-order valence-corrected chi connectivity index (χ2v) is 6.29. The fourth-order valence-corrected chi connectivity index (χ4v) is 2.87. The van der Waals surface area contributed by atoms with Gasteiger partial charge in [-0.3, -0.25) is 0 Å². The Morgan fingerprint density at radius 3 is 2.57 bits per heavy atom. The molecule has 0 fully saturated rings. The normalized spacial score (nSPS) is 12.4. The lowest BCUT2D eigenvalue weighted by Crippen LogP contribution is -2.31. The van der Waals surface area contributed by atoms with E-state index in [2.05, 4.69) is 9.71 Å². The summed E-state index contributed by atoms with van der Waals surface area (Å²) in [5, 5.41) is 8.70. The molecule has 23 heavy (non-hydrogen) atoms. The third-order valence-electron chi connectivity index (χ3n) is 2.82. The summed E-state index contributed by atoms with van der Waals surface area (Å²) in [6.45, 7) is -0.377. The monoisotopic (exact) mass is 357 g/mol. The van der Waals surface area contributed by atoms with Crippen LogP contribution in [0.1, 0.15) is 5.69 Å². The molecule has 1 rings (SSSR count). The molecule has 1 heterocycles. The van der Waals surface area contributed by atoms with E-state index in [1.54, 1.807) is 0 Å². The summed E-state index contributed by atoms with van der Waals surface area (Å²) >= 11 is 0. The van der Waals surface area contributed by atoms with E-state index in [4.69, 9.17) is 9.84 Å². The third kappa shape index (κ3) is 5.30. The van der Waals surface area contributed by atoms with Crippen LogP contribution < -0.4 is 9.62 Å². The van der Waals surface area contributed by atoms with Crippen LogP contribution in [0.25, 0.3) is 0 Å². The summed E-state index contributed by atoms with van der Waals surface area (Å²) in [5.41, 5.74) is -1.20. The number of ether oxygens (including phenoxy) is 1. The number of hydrogen-bond donors (Lipinski definition) is 2. The molecule has 1 aromatic rings. The zero-order chi connectivity index (χ0) is 17.7. The molecule has 0 saturated carbocycles. The maximum atomic E-state index is 12.8. The quantitative estimate of drug-likeness (QED) is 0.702. The molecule has 11 heteroatoms. The van der Waals surface area contributed by atoms with Gasteiger partial charge in [-0.05, 0) is 12.1 Å². The van der Waals surface area contributed by atoms with Gasteiger partial charge in [0.1, 0.15) is 16.4 Å². The van der Waals surface area contributed by atoms with E-state index < -0.39 is 33.4 Å². The van der Waals surface area contributed by atoms with Crippen LogP contribution in [0.2, 0.25) is 0 Å². The van der Waals surface area contributed by atoms with E-state index in [9.17, 15) is 21.6 Å². The van der Waals surface area contributed by atoms with E-state index in [1.165, 1.54) is 19.1 Å². The van der Waals surface area contributed by atoms with Gasteiger partial charge >= 0.3 is 6.18 Å². The Bertz CT molecular complexity index is 622. The van der Waals surface area contributed by atoms with Gasteiger partial charge in [-0.25, -0.2) is 18.1 Å². The summed E-state index contributed by atoms with van der Waals surface area (Å²) in [6.07, 6.45) is -4.70. The van der Waals surface area contributed by atoms with Crippen molar-refractivity contribution in [2.75, 3.05) is 45.4 Å². The predicted molar refractivity (Wildman–Crippen MR) is 76.7 cm³/mol. The Morgan fingerprint density at radius 2 is 2.04 bits per heavy atom. The van der Waals surface area contributed by atoms with E-state index in [-0.39, 0.29) is 25.5 Å². The highest BCUT2D eigenvalue weighted by atomic mass is 32.2. The molecule has 0 spiro atoms. The van der Waals surface area contributed by atoms with Crippen molar-refractivity contribution < 1.29 is 31.4 Å². The van der Waals surface area contributed by atoms with Gasteiger partial charge < -0.3 is 14.7 Å². The Kier molecular flexibility index (Phi) is 6.74. The second-order valence-electron chi connectivity index (χ2n) is 4.55. The lowest BCUT2D eigenvalue weighted by Gasteiger charge is -2.22. The number of nitrogens with zero attached hydrogens (tertiary/aromatic N) is 2. The maximum Gasteiger partial charge on any atom is 0.433 e. The lowest BCUT2D eigenvalue weighted by molar-refractivity contribution is -0.141. The number of alkyl halides is 3. The first kappa shape index (κ1) is 19.6. The number of rotatable bonds is 8. The van der Waals surface area contributed by atoms with Crippen LogP contribution in [0.5, 0.6) is 0 Å². The van der Waals surface area contributed by atoms with Crippen LogP contribution in [0.4, 0.5) is 19.0 Å². The maximum absolute atomic E-state index is 12.8. The molecule has 0 aliphatic carbocycles. The molecule has 0 saturated heterocycles. The van der Waals surface area contributed by atoms with Crippen molar-refractivity contribution >= 4 is 15.8 Å². The highest BCUT2D eigenvalue weighted by Crippen LogP contribution is 2.31. The van der Waals surface area contributed by atoms with Crippen LogP contribution in [0.3, 0.4) is 0 Å². The van der Waals surface area contributed by atoms with Crippen LogP contribution in [0, 0.1) is 0 Å². The molecule has 2 N–H and O–H groups in total. The molecule has 0 aliphatic heterocycles. The molecule has 132 valence electrons. The van der Waals surface area contributed by atoms with Gasteiger partial charge in [0, 0.05) is 27.2 Å². The minimum absolute atomic E-state index is 0.146. The number of pyridine rings is 1. The molecule has 0 aromatic carbocycles. The highest BCUT2D eigenvalue weighted by Gasteiger charge is 2.34. The van der Waals surface area contributed by atoms with Crippen LogP contribution in [-0.2, 0) is 20.9 Å². The molecular weight excluding hydrogens is 339 g/mol. The Balaban J connectivity index is 3.33. The van der Waals surface area contributed by atoms with Crippen molar-refractivity contribution in [2.45, 2.75) is 11.1 Å². The molecule has 0 bridgehead atoms. The molecule has 0 amide bonds. The first-order chi connectivity index (χ1) is 10.6. The predicted octanol–water partition coefficient (Wildman–Crippen LogP) is 0.454. The van der Waals surface area contributed by atoms with Gasteiger partial charge in [0.25, 0.3) is 0 Å². The minimum atomic E-state index is -4.70. The fourth-order valence-electron chi connectivity index (χ4n) is 1.67. The molecule has 7 nitrogen and oxygen atoms in total. The number of likely N-dealkylation sites (N-methyl/N-ethyl adjacent to an activating group) is 1. The summed E-state index contributed by atoms with van der Waals surface area (Å²) in [5.74, 6) is -0.345. The van der Waals surface area contributed by atoms with Gasteiger partial charge in [-0.15, -0.1) is 0 Å². The standard InChI is InChI=1S/C12H18F3N3O4S/c1-18(6-8-22-2)11-9(23(20,21)16-5-7-19)3-4-10(17-11)12(13,14)15/h3-4,16,19H,5-8H2,1-2H3. The number of anilines is 1. The largest absolute Gasteiger partial charge is 0.433 e.